The lowest BCUT2D eigenvalue weighted by molar-refractivity contribution is 0.246. The Morgan fingerprint density at radius 1 is 0.958 bits per heavy atom. The molecule has 0 bridgehead atoms. The molecule has 2 aromatic carbocycles. The molecule has 5 nitrogen and oxygen atoms in total. The Morgan fingerprint density at radius 2 is 1.50 bits per heavy atom. The molecule has 0 unspecified atom stereocenters. The number of sulfonamides is 1. The highest BCUT2D eigenvalue weighted by Crippen LogP contribution is 2.17. The van der Waals surface area contributed by atoms with Crippen LogP contribution in [0.1, 0.15) is 11.1 Å². The van der Waals surface area contributed by atoms with E-state index in [4.69, 9.17) is 0 Å². The van der Waals surface area contributed by atoms with Crippen LogP contribution in [-0.4, -0.2) is 26.7 Å². The average molecular weight is 364 g/mol. The van der Waals surface area contributed by atoms with E-state index in [1.54, 1.807) is 23.9 Å². The fourth-order valence-electron chi connectivity index (χ4n) is 1.90. The van der Waals surface area contributed by atoms with E-state index in [9.17, 15) is 13.2 Å². The Kier molecular flexibility index (Phi) is 6.28. The normalized spacial score (nSPS) is 11.1. The largest absolute Gasteiger partial charge is 0.336 e. The number of nitrogens with one attached hydrogen (secondary N) is 2. The number of urea groups is 1. The molecule has 0 saturated carbocycles. The standard InChI is InChI=1S/C17H20N2O3S2/c1-13-3-7-15(8-4-13)23-12-11-18-17(20)19-24(21,22)16-9-5-14(2)6-10-16/h3-10H,11-12H2,1-2H3,(H2,18,19,20). The van der Waals surface area contributed by atoms with Gasteiger partial charge in [0.1, 0.15) is 0 Å². The summed E-state index contributed by atoms with van der Waals surface area (Å²) in [5.41, 5.74) is 2.14. The number of benzene rings is 2. The second kappa shape index (κ2) is 8.21. The summed E-state index contributed by atoms with van der Waals surface area (Å²) in [6.45, 7) is 4.25. The Labute approximate surface area is 146 Å². The van der Waals surface area contributed by atoms with Gasteiger partial charge in [-0.3, -0.25) is 0 Å². The van der Waals surface area contributed by atoms with Gasteiger partial charge in [0.05, 0.1) is 4.90 Å². The fourth-order valence-corrected chi connectivity index (χ4v) is 3.60. The Bertz CT molecular complexity index is 786. The van der Waals surface area contributed by atoms with Crippen molar-refractivity contribution in [3.05, 3.63) is 59.7 Å². The van der Waals surface area contributed by atoms with E-state index in [0.29, 0.717) is 12.3 Å². The molecule has 2 amide bonds. The van der Waals surface area contributed by atoms with Gasteiger partial charge in [0.15, 0.2) is 0 Å². The minimum atomic E-state index is -3.84. The van der Waals surface area contributed by atoms with Gasteiger partial charge in [-0.2, -0.15) is 0 Å². The molecule has 0 radical (unpaired) electrons. The number of hydrogen-bond donors (Lipinski definition) is 2. The summed E-state index contributed by atoms with van der Waals surface area (Å²) in [5.74, 6) is 0.654. The summed E-state index contributed by atoms with van der Waals surface area (Å²) in [5, 5.41) is 2.55. The molecule has 2 aromatic rings. The molecule has 0 aromatic heterocycles. The van der Waals surface area contributed by atoms with Gasteiger partial charge in [0.25, 0.3) is 10.0 Å². The molecular weight excluding hydrogens is 344 g/mol. The lowest BCUT2D eigenvalue weighted by Crippen LogP contribution is -2.40. The number of thioether (sulfide) groups is 1. The van der Waals surface area contributed by atoms with Crippen molar-refractivity contribution >= 4 is 27.8 Å². The molecule has 2 N–H and O–H groups in total. The van der Waals surface area contributed by atoms with Crippen molar-refractivity contribution in [3.63, 3.8) is 0 Å². The van der Waals surface area contributed by atoms with Gasteiger partial charge in [-0.05, 0) is 38.1 Å². The van der Waals surface area contributed by atoms with Gasteiger partial charge in [0.2, 0.25) is 0 Å². The topological polar surface area (TPSA) is 75.3 Å². The summed E-state index contributed by atoms with van der Waals surface area (Å²) in [4.78, 5) is 12.9. The van der Waals surface area contributed by atoms with Gasteiger partial charge in [-0.15, -0.1) is 11.8 Å². The van der Waals surface area contributed by atoms with Gasteiger partial charge in [0, 0.05) is 17.2 Å². The SMILES string of the molecule is Cc1ccc(SCCNC(=O)NS(=O)(=O)c2ccc(C)cc2)cc1. The molecule has 0 fully saturated rings. The molecule has 128 valence electrons. The van der Waals surface area contributed by atoms with Crippen molar-refractivity contribution in [3.8, 4) is 0 Å². The lowest BCUT2D eigenvalue weighted by atomic mass is 10.2. The van der Waals surface area contributed by atoms with Gasteiger partial charge < -0.3 is 5.32 Å². The molecule has 0 aliphatic rings. The Balaban J connectivity index is 1.78. The number of hydrogen-bond acceptors (Lipinski definition) is 4. The van der Waals surface area contributed by atoms with Crippen LogP contribution in [-0.2, 0) is 10.0 Å². The fraction of sp³-hybridized carbons (Fsp3) is 0.235. The first-order valence-corrected chi connectivity index (χ1v) is 9.90. The molecule has 2 rings (SSSR count). The van der Waals surface area contributed by atoms with Crippen LogP contribution in [0.3, 0.4) is 0 Å². The van der Waals surface area contributed by atoms with E-state index < -0.39 is 16.1 Å². The minimum Gasteiger partial charge on any atom is -0.336 e. The second-order valence-electron chi connectivity index (χ2n) is 5.34. The van der Waals surface area contributed by atoms with Crippen LogP contribution >= 0.6 is 11.8 Å². The van der Waals surface area contributed by atoms with Crippen LogP contribution in [0.5, 0.6) is 0 Å². The van der Waals surface area contributed by atoms with Crippen molar-refractivity contribution in [2.75, 3.05) is 12.3 Å². The first kappa shape index (κ1) is 18.4. The van der Waals surface area contributed by atoms with Crippen molar-refractivity contribution in [1.29, 1.82) is 0 Å². The van der Waals surface area contributed by atoms with Crippen LogP contribution in [0.2, 0.25) is 0 Å². The minimum absolute atomic E-state index is 0.0669. The zero-order valence-corrected chi connectivity index (χ0v) is 15.2. The number of rotatable bonds is 6. The zero-order valence-electron chi connectivity index (χ0n) is 13.6. The van der Waals surface area contributed by atoms with Crippen LogP contribution in [0, 0.1) is 13.8 Å². The summed E-state index contributed by atoms with van der Waals surface area (Å²) in [6, 6.07) is 13.7. The van der Waals surface area contributed by atoms with E-state index in [2.05, 4.69) is 5.32 Å². The highest BCUT2D eigenvalue weighted by atomic mass is 32.2. The quantitative estimate of drug-likeness (QED) is 0.610. The smallest absolute Gasteiger partial charge is 0.328 e. The lowest BCUT2D eigenvalue weighted by Gasteiger charge is -2.09. The molecule has 0 aliphatic carbocycles. The number of aryl methyl sites for hydroxylation is 2. The third-order valence-corrected chi connectivity index (χ3v) is 5.60. The zero-order chi connectivity index (χ0) is 17.6. The first-order chi connectivity index (χ1) is 11.4. The number of amides is 2. The summed E-state index contributed by atoms with van der Waals surface area (Å²) < 4.78 is 26.1. The van der Waals surface area contributed by atoms with Crippen molar-refractivity contribution in [2.45, 2.75) is 23.6 Å². The van der Waals surface area contributed by atoms with Crippen LogP contribution < -0.4 is 10.0 Å². The number of carbonyl (C=O) groups excluding carboxylic acids is 1. The molecular formula is C17H20N2O3S2. The molecule has 0 spiro atoms. The maximum Gasteiger partial charge on any atom is 0.328 e. The van der Waals surface area contributed by atoms with E-state index in [-0.39, 0.29) is 4.90 Å². The Morgan fingerprint density at radius 3 is 2.08 bits per heavy atom. The third kappa shape index (κ3) is 5.58. The number of carbonyl (C=O) groups is 1. The van der Waals surface area contributed by atoms with E-state index >= 15 is 0 Å². The highest BCUT2D eigenvalue weighted by molar-refractivity contribution is 7.99. The van der Waals surface area contributed by atoms with Crippen LogP contribution in [0.15, 0.2) is 58.3 Å². The maximum atomic E-state index is 12.1. The van der Waals surface area contributed by atoms with Crippen LogP contribution in [0.4, 0.5) is 4.79 Å². The van der Waals surface area contributed by atoms with Crippen molar-refractivity contribution in [1.82, 2.24) is 10.0 Å². The summed E-state index contributed by atoms with van der Waals surface area (Å²) >= 11 is 1.60. The predicted molar refractivity (Wildman–Crippen MR) is 96.8 cm³/mol. The van der Waals surface area contributed by atoms with E-state index in [0.717, 1.165) is 10.5 Å². The maximum absolute atomic E-state index is 12.1. The monoisotopic (exact) mass is 364 g/mol. The van der Waals surface area contributed by atoms with E-state index in [1.807, 2.05) is 42.8 Å². The molecule has 0 aliphatic heterocycles. The molecule has 0 atom stereocenters. The van der Waals surface area contributed by atoms with Crippen LogP contribution in [0.25, 0.3) is 0 Å². The van der Waals surface area contributed by atoms with Gasteiger partial charge >= 0.3 is 6.03 Å². The molecule has 0 heterocycles. The predicted octanol–water partition coefficient (Wildman–Crippen LogP) is 3.08. The van der Waals surface area contributed by atoms with E-state index in [1.165, 1.54) is 17.7 Å². The molecule has 24 heavy (non-hydrogen) atoms. The molecule has 0 saturated heterocycles. The summed E-state index contributed by atoms with van der Waals surface area (Å²) in [6.07, 6.45) is 0. The van der Waals surface area contributed by atoms with Crippen molar-refractivity contribution < 1.29 is 13.2 Å². The average Bonchev–Trinajstić information content (AvgIpc) is 2.53. The summed E-state index contributed by atoms with van der Waals surface area (Å²) in [7, 11) is -3.84. The van der Waals surface area contributed by atoms with Gasteiger partial charge in [-0.25, -0.2) is 17.9 Å². The first-order valence-electron chi connectivity index (χ1n) is 7.43. The molecule has 7 heteroatoms. The Hall–Kier alpha value is -1.99. The van der Waals surface area contributed by atoms with Gasteiger partial charge in [-0.1, -0.05) is 35.4 Å². The third-order valence-electron chi connectivity index (χ3n) is 3.24. The second-order valence-corrected chi connectivity index (χ2v) is 8.19. The highest BCUT2D eigenvalue weighted by Gasteiger charge is 2.16. The van der Waals surface area contributed by atoms with Crippen molar-refractivity contribution in [2.24, 2.45) is 0 Å².